The predicted octanol–water partition coefficient (Wildman–Crippen LogP) is 1.09. The van der Waals surface area contributed by atoms with Gasteiger partial charge in [-0.15, -0.1) is 0 Å². The molecule has 2 aromatic rings. The van der Waals surface area contributed by atoms with E-state index in [0.29, 0.717) is 18.8 Å². The van der Waals surface area contributed by atoms with Crippen LogP contribution in [0.5, 0.6) is 0 Å². The van der Waals surface area contributed by atoms with E-state index in [-0.39, 0.29) is 5.91 Å². The van der Waals surface area contributed by atoms with Gasteiger partial charge in [-0.25, -0.2) is 4.98 Å². The van der Waals surface area contributed by atoms with Gasteiger partial charge in [0.25, 0.3) is 5.91 Å². The van der Waals surface area contributed by atoms with Crippen LogP contribution < -0.4 is 9.80 Å². The Morgan fingerprint density at radius 1 is 1.00 bits per heavy atom. The van der Waals surface area contributed by atoms with E-state index < -0.39 is 0 Å². The van der Waals surface area contributed by atoms with Gasteiger partial charge in [-0.3, -0.25) is 4.79 Å². The predicted molar refractivity (Wildman–Crippen MR) is 103 cm³/mol. The highest BCUT2D eigenvalue weighted by Gasteiger charge is 2.26. The molecule has 0 aliphatic carbocycles. The Morgan fingerprint density at radius 3 is 2.37 bits per heavy atom. The monoisotopic (exact) mass is 370 g/mol. The molecule has 0 saturated carbocycles. The molecule has 2 aromatic heterocycles. The molecule has 0 aromatic carbocycles. The topological polar surface area (TPSA) is 69.0 Å². The standard InChI is InChI=1S/C19H26N6O2/c1-15-14-17(23-7-5-22(2)6-8-23)21-19(20-15)25-11-9-24(10-12-25)18(26)16-4-3-13-27-16/h3-4,13-14H,5-12H2,1-2H3. The highest BCUT2D eigenvalue weighted by molar-refractivity contribution is 5.91. The first kappa shape index (κ1) is 17.8. The van der Waals surface area contributed by atoms with Gasteiger partial charge in [-0.2, -0.15) is 4.98 Å². The number of hydrogen-bond acceptors (Lipinski definition) is 7. The fraction of sp³-hybridized carbons (Fsp3) is 0.526. The summed E-state index contributed by atoms with van der Waals surface area (Å²) < 4.78 is 5.23. The van der Waals surface area contributed by atoms with Gasteiger partial charge < -0.3 is 24.0 Å². The molecule has 8 nitrogen and oxygen atoms in total. The highest BCUT2D eigenvalue weighted by atomic mass is 16.3. The number of amides is 1. The number of nitrogens with zero attached hydrogens (tertiary/aromatic N) is 6. The summed E-state index contributed by atoms with van der Waals surface area (Å²) in [6, 6.07) is 5.51. The van der Waals surface area contributed by atoms with E-state index in [4.69, 9.17) is 9.40 Å². The minimum atomic E-state index is -0.0528. The number of aromatic nitrogens is 2. The number of likely N-dealkylation sites (N-methyl/N-ethyl adjacent to an activating group) is 1. The largest absolute Gasteiger partial charge is 0.459 e. The summed E-state index contributed by atoms with van der Waals surface area (Å²) >= 11 is 0. The van der Waals surface area contributed by atoms with Crippen molar-refractivity contribution in [2.45, 2.75) is 6.92 Å². The van der Waals surface area contributed by atoms with Crippen LogP contribution in [0.2, 0.25) is 0 Å². The Hall–Kier alpha value is -2.61. The molecule has 0 unspecified atom stereocenters. The molecule has 27 heavy (non-hydrogen) atoms. The van der Waals surface area contributed by atoms with Gasteiger partial charge in [-0.1, -0.05) is 0 Å². The summed E-state index contributed by atoms with van der Waals surface area (Å²) in [5.74, 6) is 2.10. The van der Waals surface area contributed by atoms with Gasteiger partial charge >= 0.3 is 0 Å². The van der Waals surface area contributed by atoms with E-state index in [1.807, 2.05) is 11.8 Å². The number of aryl methyl sites for hydroxylation is 1. The maximum absolute atomic E-state index is 12.4. The Kier molecular flexibility index (Phi) is 4.98. The number of anilines is 2. The quantitative estimate of drug-likeness (QED) is 0.801. The van der Waals surface area contributed by atoms with Crippen molar-refractivity contribution in [2.24, 2.45) is 0 Å². The normalized spacial score (nSPS) is 18.8. The van der Waals surface area contributed by atoms with E-state index in [1.165, 1.54) is 6.26 Å². The zero-order valence-corrected chi connectivity index (χ0v) is 16.0. The summed E-state index contributed by atoms with van der Waals surface area (Å²) in [6.45, 7) is 8.80. The minimum absolute atomic E-state index is 0.0528. The molecule has 8 heteroatoms. The second kappa shape index (κ2) is 7.56. The van der Waals surface area contributed by atoms with Crippen molar-refractivity contribution < 1.29 is 9.21 Å². The number of carbonyl (C=O) groups is 1. The van der Waals surface area contributed by atoms with Gasteiger partial charge in [0.2, 0.25) is 5.95 Å². The molecule has 4 rings (SSSR count). The van der Waals surface area contributed by atoms with Crippen LogP contribution in [0, 0.1) is 6.92 Å². The van der Waals surface area contributed by atoms with Crippen LogP contribution in [-0.2, 0) is 0 Å². The molecule has 2 aliphatic rings. The maximum Gasteiger partial charge on any atom is 0.289 e. The van der Waals surface area contributed by atoms with E-state index in [0.717, 1.165) is 56.7 Å². The number of piperazine rings is 2. The number of furan rings is 1. The van der Waals surface area contributed by atoms with Gasteiger partial charge in [0, 0.05) is 64.1 Å². The first-order valence-corrected chi connectivity index (χ1v) is 9.47. The molecule has 2 saturated heterocycles. The van der Waals surface area contributed by atoms with E-state index >= 15 is 0 Å². The number of carbonyl (C=O) groups excluding carboxylic acids is 1. The lowest BCUT2D eigenvalue weighted by Gasteiger charge is -2.36. The average molecular weight is 370 g/mol. The molecular weight excluding hydrogens is 344 g/mol. The lowest BCUT2D eigenvalue weighted by atomic mass is 10.3. The van der Waals surface area contributed by atoms with Gasteiger partial charge in [0.1, 0.15) is 5.82 Å². The Morgan fingerprint density at radius 2 is 1.70 bits per heavy atom. The number of rotatable bonds is 3. The third-order valence-corrected chi connectivity index (χ3v) is 5.24. The first-order valence-electron chi connectivity index (χ1n) is 9.47. The summed E-state index contributed by atoms with van der Waals surface area (Å²) in [6.07, 6.45) is 1.53. The van der Waals surface area contributed by atoms with Gasteiger partial charge in [0.15, 0.2) is 5.76 Å². The van der Waals surface area contributed by atoms with E-state index in [1.54, 1.807) is 12.1 Å². The lowest BCUT2D eigenvalue weighted by molar-refractivity contribution is 0.0714. The molecule has 1 amide bonds. The van der Waals surface area contributed by atoms with Crippen LogP contribution in [0.4, 0.5) is 11.8 Å². The van der Waals surface area contributed by atoms with Gasteiger partial charge in [0.05, 0.1) is 6.26 Å². The van der Waals surface area contributed by atoms with Crippen LogP contribution in [0.3, 0.4) is 0 Å². The molecular formula is C19H26N6O2. The number of hydrogen-bond donors (Lipinski definition) is 0. The van der Waals surface area contributed by atoms with Crippen LogP contribution >= 0.6 is 0 Å². The zero-order valence-electron chi connectivity index (χ0n) is 16.0. The van der Waals surface area contributed by atoms with Crippen molar-refractivity contribution in [1.29, 1.82) is 0 Å². The van der Waals surface area contributed by atoms with Crippen molar-refractivity contribution in [1.82, 2.24) is 19.8 Å². The molecule has 2 aliphatic heterocycles. The fourth-order valence-electron chi connectivity index (χ4n) is 3.54. The molecule has 0 N–H and O–H groups in total. The van der Waals surface area contributed by atoms with Gasteiger partial charge in [-0.05, 0) is 26.1 Å². The fourth-order valence-corrected chi connectivity index (χ4v) is 3.54. The van der Waals surface area contributed by atoms with Crippen LogP contribution in [-0.4, -0.2) is 85.1 Å². The zero-order chi connectivity index (χ0) is 18.8. The maximum atomic E-state index is 12.4. The average Bonchev–Trinajstić information content (AvgIpc) is 3.22. The summed E-state index contributed by atoms with van der Waals surface area (Å²) in [7, 11) is 2.15. The molecule has 144 valence electrons. The summed E-state index contributed by atoms with van der Waals surface area (Å²) in [4.78, 5) is 30.5. The van der Waals surface area contributed by atoms with Crippen molar-refractivity contribution in [3.8, 4) is 0 Å². The second-order valence-electron chi connectivity index (χ2n) is 7.21. The van der Waals surface area contributed by atoms with E-state index in [2.05, 4.69) is 32.8 Å². The highest BCUT2D eigenvalue weighted by Crippen LogP contribution is 2.20. The molecule has 0 bridgehead atoms. The van der Waals surface area contributed by atoms with Crippen molar-refractivity contribution in [3.05, 3.63) is 35.9 Å². The smallest absolute Gasteiger partial charge is 0.289 e. The van der Waals surface area contributed by atoms with Crippen molar-refractivity contribution >= 4 is 17.7 Å². The van der Waals surface area contributed by atoms with Crippen molar-refractivity contribution in [2.75, 3.05) is 69.2 Å². The SMILES string of the molecule is Cc1cc(N2CCN(C)CC2)nc(N2CCN(C(=O)c3ccco3)CC2)n1. The Bertz CT molecular complexity index is 778. The molecule has 4 heterocycles. The van der Waals surface area contributed by atoms with E-state index in [9.17, 15) is 4.79 Å². The van der Waals surface area contributed by atoms with Crippen LogP contribution in [0.25, 0.3) is 0 Å². The second-order valence-corrected chi connectivity index (χ2v) is 7.21. The van der Waals surface area contributed by atoms with Crippen molar-refractivity contribution in [3.63, 3.8) is 0 Å². The summed E-state index contributed by atoms with van der Waals surface area (Å²) in [5, 5.41) is 0. The Balaban J connectivity index is 1.43. The third-order valence-electron chi connectivity index (χ3n) is 5.24. The Labute approximate surface area is 159 Å². The summed E-state index contributed by atoms with van der Waals surface area (Å²) in [5.41, 5.74) is 0.975. The van der Waals surface area contributed by atoms with Crippen LogP contribution in [0.15, 0.2) is 28.9 Å². The molecule has 2 fully saturated rings. The molecule has 0 radical (unpaired) electrons. The first-order chi connectivity index (χ1) is 13.1. The molecule has 0 spiro atoms. The molecule has 0 atom stereocenters. The lowest BCUT2D eigenvalue weighted by Crippen LogP contribution is -2.49. The minimum Gasteiger partial charge on any atom is -0.459 e. The third kappa shape index (κ3) is 3.90. The van der Waals surface area contributed by atoms with Crippen LogP contribution in [0.1, 0.15) is 16.2 Å².